The third kappa shape index (κ3) is 6.40. The lowest BCUT2D eigenvalue weighted by atomic mass is 10.1. The molecule has 0 saturated carbocycles. The number of hydrogen-bond acceptors (Lipinski definition) is 4. The first-order chi connectivity index (χ1) is 11.1. The highest BCUT2D eigenvalue weighted by atomic mass is 32.1. The topological polar surface area (TPSA) is 59.7 Å². The van der Waals surface area contributed by atoms with Crippen LogP contribution in [0.15, 0.2) is 47.1 Å². The number of hydrogen-bond donors (Lipinski definition) is 2. The molecule has 1 unspecified atom stereocenters. The van der Waals surface area contributed by atoms with Gasteiger partial charge in [0.15, 0.2) is 0 Å². The van der Waals surface area contributed by atoms with E-state index in [1.807, 2.05) is 24.3 Å². The minimum atomic E-state index is -0.835. The molecule has 23 heavy (non-hydrogen) atoms. The summed E-state index contributed by atoms with van der Waals surface area (Å²) in [4.78, 5) is 10.7. The van der Waals surface area contributed by atoms with Gasteiger partial charge in [0, 0.05) is 0 Å². The summed E-state index contributed by atoms with van der Waals surface area (Å²) in [6.45, 7) is 0.431. The Morgan fingerprint density at radius 2 is 1.96 bits per heavy atom. The molecule has 1 aromatic carbocycles. The van der Waals surface area contributed by atoms with Gasteiger partial charge in [-0.2, -0.15) is 12.6 Å². The van der Waals surface area contributed by atoms with Crippen LogP contribution >= 0.6 is 12.6 Å². The Morgan fingerprint density at radius 1 is 1.17 bits per heavy atom. The highest BCUT2D eigenvalue weighted by Gasteiger charge is 2.10. The number of carbonyl (C=O) groups is 1. The molecule has 1 N–H and O–H groups in total. The number of rotatable bonds is 10. The van der Waals surface area contributed by atoms with Crippen molar-refractivity contribution in [1.29, 1.82) is 0 Å². The van der Waals surface area contributed by atoms with Crippen molar-refractivity contribution in [2.45, 2.75) is 44.0 Å². The fourth-order valence-corrected chi connectivity index (χ4v) is 2.45. The summed E-state index contributed by atoms with van der Waals surface area (Å²) in [7, 11) is 0. The Balaban J connectivity index is 1.63. The van der Waals surface area contributed by atoms with Crippen molar-refractivity contribution in [3.05, 3.63) is 54.0 Å². The second kappa shape index (κ2) is 9.30. The van der Waals surface area contributed by atoms with E-state index in [-0.39, 0.29) is 0 Å². The summed E-state index contributed by atoms with van der Waals surface area (Å²) in [6, 6.07) is 11.8. The lowest BCUT2D eigenvalue weighted by Gasteiger charge is -2.07. The van der Waals surface area contributed by atoms with E-state index in [4.69, 9.17) is 14.3 Å². The molecule has 5 heteroatoms. The smallest absolute Gasteiger partial charge is 0.316 e. The summed E-state index contributed by atoms with van der Waals surface area (Å²) < 4.78 is 10.9. The maximum atomic E-state index is 10.7. The molecule has 0 saturated heterocycles. The molecule has 2 aromatic rings. The number of ether oxygens (including phenoxy) is 1. The van der Waals surface area contributed by atoms with Crippen molar-refractivity contribution in [3.63, 3.8) is 0 Å². The summed E-state index contributed by atoms with van der Waals surface area (Å²) in [5.41, 5.74) is 1.26. The lowest BCUT2D eigenvalue weighted by Crippen LogP contribution is -2.12. The maximum Gasteiger partial charge on any atom is 0.316 e. The Hall–Kier alpha value is -1.88. The Bertz CT molecular complexity index is 578. The van der Waals surface area contributed by atoms with Crippen molar-refractivity contribution >= 4 is 18.6 Å². The van der Waals surface area contributed by atoms with Gasteiger partial charge in [-0.15, -0.1) is 0 Å². The first kappa shape index (κ1) is 17.5. The van der Waals surface area contributed by atoms with E-state index in [1.54, 1.807) is 6.26 Å². The normalized spacial score (nSPS) is 12.0. The summed E-state index contributed by atoms with van der Waals surface area (Å²) in [5.74, 6) is 0.793. The Kier molecular flexibility index (Phi) is 7.07. The second-order valence-electron chi connectivity index (χ2n) is 5.47. The van der Waals surface area contributed by atoms with Crippen LogP contribution in [0.4, 0.5) is 0 Å². The molecule has 0 aliphatic carbocycles. The van der Waals surface area contributed by atoms with E-state index in [0.29, 0.717) is 13.0 Å². The highest BCUT2D eigenvalue weighted by Crippen LogP contribution is 2.17. The molecule has 0 radical (unpaired) electrons. The summed E-state index contributed by atoms with van der Waals surface area (Å²) in [6.07, 6.45) is 6.20. The minimum absolute atomic E-state index is 0.431. The Labute approximate surface area is 141 Å². The van der Waals surface area contributed by atoms with E-state index >= 15 is 0 Å². The maximum absolute atomic E-state index is 10.7. The minimum Gasteiger partial charge on any atom is -0.486 e. The van der Waals surface area contributed by atoms with Crippen molar-refractivity contribution in [2.24, 2.45) is 0 Å². The fraction of sp³-hybridized carbons (Fsp3) is 0.389. The van der Waals surface area contributed by atoms with Crippen LogP contribution in [0.1, 0.15) is 37.0 Å². The summed E-state index contributed by atoms with van der Waals surface area (Å²) >= 11 is 4.03. The monoisotopic (exact) mass is 334 g/mol. The van der Waals surface area contributed by atoms with Gasteiger partial charge in [-0.05, 0) is 49.1 Å². The molecule has 0 aliphatic rings. The lowest BCUT2D eigenvalue weighted by molar-refractivity contribution is -0.136. The average Bonchev–Trinajstić information content (AvgIpc) is 3.07. The molecular weight excluding hydrogens is 312 g/mol. The number of furan rings is 1. The number of carboxylic acids is 1. The van der Waals surface area contributed by atoms with Crippen LogP contribution in [-0.4, -0.2) is 16.3 Å². The van der Waals surface area contributed by atoms with Gasteiger partial charge >= 0.3 is 5.97 Å². The molecule has 4 nitrogen and oxygen atoms in total. The van der Waals surface area contributed by atoms with Crippen LogP contribution in [0, 0.1) is 0 Å². The zero-order valence-electron chi connectivity index (χ0n) is 13.0. The van der Waals surface area contributed by atoms with Gasteiger partial charge < -0.3 is 14.3 Å². The van der Waals surface area contributed by atoms with E-state index < -0.39 is 11.2 Å². The predicted octanol–water partition coefficient (Wildman–Crippen LogP) is 4.34. The molecule has 124 valence electrons. The molecule has 0 amide bonds. The van der Waals surface area contributed by atoms with Crippen LogP contribution in [-0.2, 0) is 17.8 Å². The van der Waals surface area contributed by atoms with Crippen molar-refractivity contribution < 1.29 is 19.1 Å². The van der Waals surface area contributed by atoms with Crippen molar-refractivity contribution in [1.82, 2.24) is 0 Å². The average molecular weight is 334 g/mol. The van der Waals surface area contributed by atoms with Crippen LogP contribution in [0.5, 0.6) is 5.75 Å². The third-order valence-electron chi connectivity index (χ3n) is 3.61. The quantitative estimate of drug-likeness (QED) is 0.501. The molecule has 0 fully saturated rings. The standard InChI is InChI=1S/C18H22O4S/c19-18(20)17(23)7-3-1-2-5-14-8-10-15(11-9-14)22-13-16-6-4-12-21-16/h4,6,8-12,17,23H,1-3,5,7,13H2,(H,19,20). The molecule has 1 atom stereocenters. The number of thiol groups is 1. The zero-order valence-corrected chi connectivity index (χ0v) is 13.9. The zero-order chi connectivity index (χ0) is 16.5. The first-order valence-corrected chi connectivity index (χ1v) is 8.32. The van der Waals surface area contributed by atoms with Gasteiger partial charge in [0.2, 0.25) is 0 Å². The van der Waals surface area contributed by atoms with E-state index in [2.05, 4.69) is 24.8 Å². The van der Waals surface area contributed by atoms with E-state index in [0.717, 1.165) is 37.2 Å². The van der Waals surface area contributed by atoms with Crippen LogP contribution < -0.4 is 4.74 Å². The number of unbranched alkanes of at least 4 members (excludes halogenated alkanes) is 2. The summed E-state index contributed by atoms with van der Waals surface area (Å²) in [5, 5.41) is 8.21. The van der Waals surface area contributed by atoms with Gasteiger partial charge in [0.25, 0.3) is 0 Å². The second-order valence-corrected chi connectivity index (χ2v) is 6.09. The molecular formula is C18H22O4S. The molecule has 0 aliphatic heterocycles. The van der Waals surface area contributed by atoms with Gasteiger partial charge in [-0.1, -0.05) is 25.0 Å². The molecule has 2 rings (SSSR count). The van der Waals surface area contributed by atoms with Crippen molar-refractivity contribution in [3.8, 4) is 5.75 Å². The number of aryl methyl sites for hydroxylation is 1. The van der Waals surface area contributed by atoms with Gasteiger partial charge in [0.1, 0.15) is 18.1 Å². The highest BCUT2D eigenvalue weighted by molar-refractivity contribution is 7.81. The molecule has 1 heterocycles. The first-order valence-electron chi connectivity index (χ1n) is 7.80. The largest absolute Gasteiger partial charge is 0.486 e. The Morgan fingerprint density at radius 3 is 2.61 bits per heavy atom. The van der Waals surface area contributed by atoms with E-state index in [1.165, 1.54) is 5.56 Å². The number of benzene rings is 1. The van der Waals surface area contributed by atoms with Crippen LogP contribution in [0.2, 0.25) is 0 Å². The predicted molar refractivity (Wildman–Crippen MR) is 92.1 cm³/mol. The SMILES string of the molecule is O=C(O)C(S)CCCCCc1ccc(OCc2ccco2)cc1. The van der Waals surface area contributed by atoms with Crippen LogP contribution in [0.25, 0.3) is 0 Å². The van der Waals surface area contributed by atoms with Gasteiger partial charge in [-0.25, -0.2) is 0 Å². The molecule has 0 spiro atoms. The number of aliphatic carboxylic acids is 1. The van der Waals surface area contributed by atoms with Gasteiger partial charge in [-0.3, -0.25) is 4.79 Å². The van der Waals surface area contributed by atoms with E-state index in [9.17, 15) is 4.79 Å². The van der Waals surface area contributed by atoms with Crippen molar-refractivity contribution in [2.75, 3.05) is 0 Å². The fourth-order valence-electron chi connectivity index (χ4n) is 2.27. The third-order valence-corrected chi connectivity index (χ3v) is 4.09. The molecule has 0 bridgehead atoms. The number of carboxylic acid groups (broad SMARTS) is 1. The molecule has 1 aromatic heterocycles. The van der Waals surface area contributed by atoms with Gasteiger partial charge in [0.05, 0.1) is 11.5 Å². The van der Waals surface area contributed by atoms with Crippen LogP contribution in [0.3, 0.4) is 0 Å².